The van der Waals surface area contributed by atoms with Gasteiger partial charge >= 0.3 is 0 Å². The number of halogens is 1. The lowest BCUT2D eigenvalue weighted by atomic mass is 10.2. The zero-order chi connectivity index (χ0) is 14.3. The maximum absolute atomic E-state index is 11.7. The zero-order valence-electron chi connectivity index (χ0n) is 11.1. The molecule has 0 bridgehead atoms. The van der Waals surface area contributed by atoms with E-state index in [1.54, 1.807) is 6.07 Å². The normalized spacial score (nSPS) is 11.7. The molecule has 1 aromatic heterocycles. The van der Waals surface area contributed by atoms with Crippen LogP contribution in [0.1, 0.15) is 37.0 Å². The third kappa shape index (κ3) is 5.70. The Morgan fingerprint density at radius 1 is 1.47 bits per heavy atom. The summed E-state index contributed by atoms with van der Waals surface area (Å²) in [6.07, 6.45) is 2.61. The molecule has 1 unspecified atom stereocenters. The van der Waals surface area contributed by atoms with Crippen LogP contribution in [-0.2, 0) is 4.79 Å². The fourth-order valence-corrected chi connectivity index (χ4v) is 1.56. The highest BCUT2D eigenvalue weighted by Crippen LogP contribution is 2.06. The molecule has 0 fully saturated rings. The second kappa shape index (κ2) is 7.74. The second-order valence-corrected chi connectivity index (χ2v) is 4.64. The standard InChI is InChI=1S/C13H18ClN3O2/c1-3-9(2)17-12(18)5-7-16-13(19)10-4-6-15-11(14)8-10/h4,6,8-9H,3,5,7H2,1-2H3,(H,16,19)(H,17,18). The number of pyridine rings is 1. The minimum atomic E-state index is -0.263. The lowest BCUT2D eigenvalue weighted by Gasteiger charge is -2.11. The minimum absolute atomic E-state index is 0.0672. The van der Waals surface area contributed by atoms with Gasteiger partial charge in [-0.1, -0.05) is 18.5 Å². The van der Waals surface area contributed by atoms with Gasteiger partial charge in [-0.2, -0.15) is 0 Å². The number of aromatic nitrogens is 1. The van der Waals surface area contributed by atoms with Crippen molar-refractivity contribution in [1.29, 1.82) is 0 Å². The molecule has 6 heteroatoms. The van der Waals surface area contributed by atoms with E-state index in [0.717, 1.165) is 6.42 Å². The summed E-state index contributed by atoms with van der Waals surface area (Å²) >= 11 is 5.69. The third-order valence-electron chi connectivity index (χ3n) is 2.65. The molecule has 0 radical (unpaired) electrons. The van der Waals surface area contributed by atoms with E-state index in [0.29, 0.717) is 12.1 Å². The Morgan fingerprint density at radius 3 is 2.84 bits per heavy atom. The van der Waals surface area contributed by atoms with Crippen molar-refractivity contribution in [3.8, 4) is 0 Å². The average Bonchev–Trinajstić information content (AvgIpc) is 2.38. The van der Waals surface area contributed by atoms with E-state index in [4.69, 9.17) is 11.6 Å². The van der Waals surface area contributed by atoms with Gasteiger partial charge in [0.05, 0.1) is 0 Å². The lowest BCUT2D eigenvalue weighted by Crippen LogP contribution is -2.35. The molecule has 0 aliphatic rings. The van der Waals surface area contributed by atoms with Crippen LogP contribution in [0.2, 0.25) is 5.15 Å². The molecule has 0 aliphatic carbocycles. The van der Waals surface area contributed by atoms with Gasteiger partial charge in [0, 0.05) is 30.8 Å². The van der Waals surface area contributed by atoms with Gasteiger partial charge in [0.1, 0.15) is 5.15 Å². The Labute approximate surface area is 117 Å². The van der Waals surface area contributed by atoms with Gasteiger partial charge in [-0.15, -0.1) is 0 Å². The van der Waals surface area contributed by atoms with E-state index in [2.05, 4.69) is 15.6 Å². The molecule has 104 valence electrons. The van der Waals surface area contributed by atoms with Gasteiger partial charge in [-0.3, -0.25) is 9.59 Å². The molecular formula is C13H18ClN3O2. The summed E-state index contributed by atoms with van der Waals surface area (Å²) in [7, 11) is 0. The van der Waals surface area contributed by atoms with Gasteiger partial charge in [0.15, 0.2) is 0 Å². The van der Waals surface area contributed by atoms with E-state index < -0.39 is 0 Å². The topological polar surface area (TPSA) is 71.1 Å². The predicted molar refractivity (Wildman–Crippen MR) is 74.1 cm³/mol. The van der Waals surface area contributed by atoms with Gasteiger partial charge in [-0.25, -0.2) is 4.98 Å². The van der Waals surface area contributed by atoms with E-state index in [1.807, 2.05) is 13.8 Å². The van der Waals surface area contributed by atoms with Crippen LogP contribution < -0.4 is 10.6 Å². The van der Waals surface area contributed by atoms with Crippen molar-refractivity contribution in [2.45, 2.75) is 32.7 Å². The van der Waals surface area contributed by atoms with Crippen molar-refractivity contribution < 1.29 is 9.59 Å². The van der Waals surface area contributed by atoms with E-state index in [1.165, 1.54) is 12.3 Å². The van der Waals surface area contributed by atoms with Gasteiger partial charge in [0.25, 0.3) is 5.91 Å². The van der Waals surface area contributed by atoms with Crippen molar-refractivity contribution in [2.75, 3.05) is 6.54 Å². The highest BCUT2D eigenvalue weighted by Gasteiger charge is 2.08. The first kappa shape index (κ1) is 15.4. The quantitative estimate of drug-likeness (QED) is 0.782. The van der Waals surface area contributed by atoms with Crippen molar-refractivity contribution in [3.05, 3.63) is 29.0 Å². The van der Waals surface area contributed by atoms with Crippen LogP contribution in [0.3, 0.4) is 0 Å². The summed E-state index contributed by atoms with van der Waals surface area (Å²) < 4.78 is 0. The van der Waals surface area contributed by atoms with Crippen LogP contribution in [0, 0.1) is 0 Å². The lowest BCUT2D eigenvalue weighted by molar-refractivity contribution is -0.121. The zero-order valence-corrected chi connectivity index (χ0v) is 11.8. The fourth-order valence-electron chi connectivity index (χ4n) is 1.38. The molecule has 0 spiro atoms. The first-order chi connectivity index (χ1) is 9.02. The van der Waals surface area contributed by atoms with Gasteiger partial charge < -0.3 is 10.6 Å². The summed E-state index contributed by atoms with van der Waals surface area (Å²) in [5.41, 5.74) is 0.433. The SMILES string of the molecule is CCC(C)NC(=O)CCNC(=O)c1ccnc(Cl)c1. The molecule has 0 saturated heterocycles. The summed E-state index contributed by atoms with van der Waals surface area (Å²) in [4.78, 5) is 27.0. The van der Waals surface area contributed by atoms with Crippen LogP contribution >= 0.6 is 11.6 Å². The minimum Gasteiger partial charge on any atom is -0.354 e. The number of nitrogens with zero attached hydrogens (tertiary/aromatic N) is 1. The molecular weight excluding hydrogens is 266 g/mol. The van der Waals surface area contributed by atoms with Crippen LogP contribution in [0.4, 0.5) is 0 Å². The smallest absolute Gasteiger partial charge is 0.251 e. The van der Waals surface area contributed by atoms with Crippen molar-refractivity contribution in [1.82, 2.24) is 15.6 Å². The fraction of sp³-hybridized carbons (Fsp3) is 0.462. The number of carbonyl (C=O) groups is 2. The third-order valence-corrected chi connectivity index (χ3v) is 2.85. The Kier molecular flexibility index (Phi) is 6.29. The molecule has 0 aliphatic heterocycles. The van der Waals surface area contributed by atoms with E-state index in [-0.39, 0.29) is 29.4 Å². The van der Waals surface area contributed by atoms with Crippen LogP contribution in [-0.4, -0.2) is 29.4 Å². The maximum Gasteiger partial charge on any atom is 0.251 e. The number of hydrogen-bond acceptors (Lipinski definition) is 3. The van der Waals surface area contributed by atoms with Gasteiger partial charge in [-0.05, 0) is 25.5 Å². The number of hydrogen-bond donors (Lipinski definition) is 2. The van der Waals surface area contributed by atoms with E-state index >= 15 is 0 Å². The average molecular weight is 284 g/mol. The Hall–Kier alpha value is -1.62. The highest BCUT2D eigenvalue weighted by atomic mass is 35.5. The largest absolute Gasteiger partial charge is 0.354 e. The molecule has 1 aromatic rings. The molecule has 2 amide bonds. The molecule has 1 heterocycles. The molecule has 5 nitrogen and oxygen atoms in total. The number of carbonyl (C=O) groups excluding carboxylic acids is 2. The van der Waals surface area contributed by atoms with Crippen LogP contribution in [0.5, 0.6) is 0 Å². The van der Waals surface area contributed by atoms with Gasteiger partial charge in [0.2, 0.25) is 5.91 Å². The summed E-state index contributed by atoms with van der Waals surface area (Å²) in [6.45, 7) is 4.23. The first-order valence-electron chi connectivity index (χ1n) is 6.22. The summed E-state index contributed by atoms with van der Waals surface area (Å²) in [6, 6.07) is 3.21. The monoisotopic (exact) mass is 283 g/mol. The molecule has 1 atom stereocenters. The molecule has 0 aromatic carbocycles. The second-order valence-electron chi connectivity index (χ2n) is 4.25. The number of amides is 2. The Morgan fingerprint density at radius 2 is 2.21 bits per heavy atom. The predicted octanol–water partition coefficient (Wildman–Crippen LogP) is 1.77. The molecule has 0 saturated carbocycles. The van der Waals surface area contributed by atoms with Crippen molar-refractivity contribution >= 4 is 23.4 Å². The van der Waals surface area contributed by atoms with Crippen molar-refractivity contribution in [2.24, 2.45) is 0 Å². The number of nitrogens with one attached hydrogen (secondary N) is 2. The molecule has 19 heavy (non-hydrogen) atoms. The Balaban J connectivity index is 2.33. The number of rotatable bonds is 6. The van der Waals surface area contributed by atoms with Crippen molar-refractivity contribution in [3.63, 3.8) is 0 Å². The van der Waals surface area contributed by atoms with Crippen LogP contribution in [0.25, 0.3) is 0 Å². The van der Waals surface area contributed by atoms with Crippen LogP contribution in [0.15, 0.2) is 18.3 Å². The van der Waals surface area contributed by atoms with E-state index in [9.17, 15) is 9.59 Å². The summed E-state index contributed by atoms with van der Waals surface area (Å²) in [5, 5.41) is 5.76. The molecule has 1 rings (SSSR count). The molecule has 2 N–H and O–H groups in total. The summed E-state index contributed by atoms with van der Waals surface area (Å²) in [5.74, 6) is -0.331. The first-order valence-corrected chi connectivity index (χ1v) is 6.59. The highest BCUT2D eigenvalue weighted by molar-refractivity contribution is 6.29. The maximum atomic E-state index is 11.7. The Bertz CT molecular complexity index is 451.